The van der Waals surface area contributed by atoms with Gasteiger partial charge < -0.3 is 0 Å². The Morgan fingerprint density at radius 2 is 0.554 bits per heavy atom. The summed E-state index contributed by atoms with van der Waals surface area (Å²) in [5.74, 6) is 0. The molecule has 0 atom stereocenters. The number of rotatable bonds is 6. The van der Waals surface area contributed by atoms with Gasteiger partial charge in [0.05, 0.1) is 50.3 Å². The van der Waals surface area contributed by atoms with E-state index in [9.17, 15) is 0 Å². The molecular weight excluding hydrogens is 789 g/mol. The molecule has 0 spiro atoms. The van der Waals surface area contributed by atoms with E-state index in [0.717, 1.165) is 88.6 Å². The number of hydrogen-bond donors (Lipinski definition) is 0. The van der Waals surface area contributed by atoms with Gasteiger partial charge in [-0.15, -0.1) is 0 Å². The summed E-state index contributed by atoms with van der Waals surface area (Å²) < 4.78 is 0. The number of fused-ring (bicyclic) bond motifs is 9. The lowest BCUT2D eigenvalue weighted by molar-refractivity contribution is 0.769. The van der Waals surface area contributed by atoms with Crippen LogP contribution in [0.25, 0.3) is 99.8 Å². The molecule has 4 nitrogen and oxygen atoms in total. The maximum absolute atomic E-state index is 5.41. The van der Waals surface area contributed by atoms with Crippen molar-refractivity contribution in [3.63, 3.8) is 0 Å². The van der Waals surface area contributed by atoms with E-state index in [-0.39, 0.29) is 0 Å². The number of benzene rings is 8. The molecule has 0 unspecified atom stereocenters. The fourth-order valence-electron chi connectivity index (χ4n) is 10.2. The third-order valence-electron chi connectivity index (χ3n) is 13.3. The van der Waals surface area contributed by atoms with Gasteiger partial charge in [-0.1, -0.05) is 194 Å². The van der Waals surface area contributed by atoms with Gasteiger partial charge in [0.15, 0.2) is 0 Å². The second kappa shape index (κ2) is 14.8. The molecule has 1 aliphatic carbocycles. The molecule has 4 heteroatoms. The van der Waals surface area contributed by atoms with Crippen LogP contribution in [-0.4, -0.2) is 19.9 Å². The minimum absolute atomic E-state index is 0.634. The molecule has 0 N–H and O–H groups in total. The molecule has 0 saturated heterocycles. The van der Waals surface area contributed by atoms with E-state index < -0.39 is 5.41 Å². The number of hydrogen-bond acceptors (Lipinski definition) is 4. The third kappa shape index (κ3) is 5.92. The van der Waals surface area contributed by atoms with Gasteiger partial charge in [0.1, 0.15) is 0 Å². The zero-order valence-corrected chi connectivity index (χ0v) is 35.2. The molecule has 8 aromatic carbocycles. The lowest BCUT2D eigenvalue weighted by atomic mass is 9.67. The van der Waals surface area contributed by atoms with Gasteiger partial charge in [0.2, 0.25) is 0 Å². The molecule has 302 valence electrons. The quantitative estimate of drug-likeness (QED) is 0.157. The van der Waals surface area contributed by atoms with Crippen LogP contribution in [0.2, 0.25) is 0 Å². The van der Waals surface area contributed by atoms with Crippen LogP contribution in [-0.2, 0) is 5.41 Å². The largest absolute Gasteiger partial charge is 0.245 e. The second-order valence-corrected chi connectivity index (χ2v) is 16.9. The van der Waals surface area contributed by atoms with E-state index in [2.05, 4.69) is 218 Å². The number of pyridine rings is 4. The van der Waals surface area contributed by atoms with E-state index in [1.54, 1.807) is 0 Å². The molecule has 0 aliphatic heterocycles. The Kier molecular flexibility index (Phi) is 8.40. The lowest BCUT2D eigenvalue weighted by Crippen LogP contribution is -2.28. The van der Waals surface area contributed by atoms with Crippen molar-refractivity contribution in [2.24, 2.45) is 0 Å². The summed E-state index contributed by atoms with van der Waals surface area (Å²) in [6.45, 7) is 0. The smallest absolute Gasteiger partial charge is 0.0972 e. The molecule has 0 radical (unpaired) electrons. The molecule has 1 aliphatic rings. The van der Waals surface area contributed by atoms with Gasteiger partial charge in [0, 0.05) is 43.8 Å². The van der Waals surface area contributed by atoms with E-state index in [0.29, 0.717) is 0 Å². The van der Waals surface area contributed by atoms with Crippen molar-refractivity contribution >= 4 is 43.6 Å². The Morgan fingerprint density at radius 3 is 0.938 bits per heavy atom. The molecule has 0 saturated carbocycles. The molecule has 0 bridgehead atoms. The van der Waals surface area contributed by atoms with Crippen molar-refractivity contribution in [3.8, 4) is 56.2 Å². The van der Waals surface area contributed by atoms with Crippen LogP contribution in [0.15, 0.2) is 231 Å². The standard InChI is InChI=1S/C61H38N4/c1-3-13-39(14-4-1)53-33-29-41-25-27-43-31-35-55(64-59(43)57(41)62-53)45-17-11-19-47(37-45)61(51-23-9-7-21-49(51)50-22-8-10-24-52(50)61)48-20-12-18-46(38-48)56-36-32-44-28-26-42-30-34-54(40-15-5-2-6-16-40)63-58(42)60(44)65-56/h1-38H. The van der Waals surface area contributed by atoms with Crippen LogP contribution in [0.5, 0.6) is 0 Å². The summed E-state index contributed by atoms with van der Waals surface area (Å²) in [4.78, 5) is 21.2. The average molecular weight is 827 g/mol. The van der Waals surface area contributed by atoms with Crippen LogP contribution in [0, 0.1) is 0 Å². The molecule has 4 aromatic heterocycles. The van der Waals surface area contributed by atoms with E-state index >= 15 is 0 Å². The maximum Gasteiger partial charge on any atom is 0.0972 e. The summed E-state index contributed by atoms with van der Waals surface area (Å²) in [7, 11) is 0. The zero-order chi connectivity index (χ0) is 42.9. The predicted octanol–water partition coefficient (Wildman–Crippen LogP) is 14.9. The third-order valence-corrected chi connectivity index (χ3v) is 13.3. The van der Waals surface area contributed by atoms with Crippen molar-refractivity contribution in [2.45, 2.75) is 5.41 Å². The highest BCUT2D eigenvalue weighted by Gasteiger charge is 2.46. The Balaban J connectivity index is 0.987. The highest BCUT2D eigenvalue weighted by molar-refractivity contribution is 6.05. The summed E-state index contributed by atoms with van der Waals surface area (Å²) >= 11 is 0. The van der Waals surface area contributed by atoms with Gasteiger partial charge >= 0.3 is 0 Å². The normalized spacial score (nSPS) is 12.7. The van der Waals surface area contributed by atoms with Crippen LogP contribution < -0.4 is 0 Å². The van der Waals surface area contributed by atoms with E-state index in [4.69, 9.17) is 19.9 Å². The SMILES string of the molecule is c1ccc(-c2ccc3ccc4ccc(-c5cccc(C6(c7cccc(-c8ccc9ccc%10ccc(-c%11ccccc%11)nc%10c9n8)c7)c7ccccc7-c7ccccc76)c5)nc4c3n2)cc1. The first-order valence-electron chi connectivity index (χ1n) is 22.1. The fourth-order valence-corrected chi connectivity index (χ4v) is 10.2. The Labute approximate surface area is 376 Å². The molecule has 65 heavy (non-hydrogen) atoms. The highest BCUT2D eigenvalue weighted by atomic mass is 14.8. The van der Waals surface area contributed by atoms with Crippen molar-refractivity contribution < 1.29 is 0 Å². The lowest BCUT2D eigenvalue weighted by Gasteiger charge is -2.34. The average Bonchev–Trinajstić information content (AvgIpc) is 3.69. The van der Waals surface area contributed by atoms with Crippen LogP contribution >= 0.6 is 0 Å². The van der Waals surface area contributed by atoms with Crippen molar-refractivity contribution in [3.05, 3.63) is 253 Å². The van der Waals surface area contributed by atoms with Crippen LogP contribution in [0.4, 0.5) is 0 Å². The zero-order valence-electron chi connectivity index (χ0n) is 35.2. The van der Waals surface area contributed by atoms with Gasteiger partial charge in [-0.2, -0.15) is 0 Å². The Bertz CT molecular complexity index is 3590. The van der Waals surface area contributed by atoms with Gasteiger partial charge in [-0.25, -0.2) is 19.9 Å². The summed E-state index contributed by atoms with van der Waals surface area (Å²) in [5.41, 5.74) is 18.2. The van der Waals surface area contributed by atoms with Crippen LogP contribution in [0.3, 0.4) is 0 Å². The van der Waals surface area contributed by atoms with Crippen molar-refractivity contribution in [2.75, 3.05) is 0 Å². The molecule has 12 aromatic rings. The summed E-state index contributed by atoms with van der Waals surface area (Å²) in [5, 5.41) is 4.25. The Hall–Kier alpha value is -8.60. The second-order valence-electron chi connectivity index (χ2n) is 16.9. The number of aromatic nitrogens is 4. The summed E-state index contributed by atoms with van der Waals surface area (Å²) in [6.07, 6.45) is 0. The van der Waals surface area contributed by atoms with Crippen molar-refractivity contribution in [1.29, 1.82) is 0 Å². The van der Waals surface area contributed by atoms with Gasteiger partial charge in [-0.05, 0) is 69.8 Å². The fraction of sp³-hybridized carbons (Fsp3) is 0.0164. The maximum atomic E-state index is 5.41. The first-order valence-corrected chi connectivity index (χ1v) is 22.1. The topological polar surface area (TPSA) is 51.6 Å². The highest BCUT2D eigenvalue weighted by Crippen LogP contribution is 2.56. The predicted molar refractivity (Wildman–Crippen MR) is 267 cm³/mol. The van der Waals surface area contributed by atoms with Crippen molar-refractivity contribution in [1.82, 2.24) is 19.9 Å². The Morgan fingerprint density at radius 1 is 0.246 bits per heavy atom. The molecule has 13 rings (SSSR count). The first-order chi connectivity index (χ1) is 32.2. The van der Waals surface area contributed by atoms with Gasteiger partial charge in [-0.3, -0.25) is 0 Å². The molecule has 4 heterocycles. The number of nitrogens with zero attached hydrogens (tertiary/aromatic N) is 4. The van der Waals surface area contributed by atoms with E-state index in [1.807, 2.05) is 12.1 Å². The molecule has 0 fully saturated rings. The van der Waals surface area contributed by atoms with Crippen LogP contribution in [0.1, 0.15) is 22.3 Å². The van der Waals surface area contributed by atoms with Gasteiger partial charge in [0.25, 0.3) is 0 Å². The first kappa shape index (κ1) is 37.0. The molecule has 0 amide bonds. The monoisotopic (exact) mass is 826 g/mol. The minimum atomic E-state index is -0.634. The summed E-state index contributed by atoms with van der Waals surface area (Å²) in [6, 6.07) is 82.2. The molecular formula is C61H38N4. The van der Waals surface area contributed by atoms with E-state index in [1.165, 1.54) is 33.4 Å². The minimum Gasteiger partial charge on any atom is -0.245 e.